The lowest BCUT2D eigenvalue weighted by Crippen LogP contribution is -2.32. The fourth-order valence-electron chi connectivity index (χ4n) is 2.91. The smallest absolute Gasteiger partial charge is 0.324 e. The molecule has 3 aromatic carbocycles. The Hall–Kier alpha value is -3.73. The van der Waals surface area contributed by atoms with E-state index in [1.165, 1.54) is 12.1 Å². The molecule has 0 bridgehead atoms. The summed E-state index contributed by atoms with van der Waals surface area (Å²) < 4.78 is 0. The number of carbonyl (C=O) groups is 3. The Labute approximate surface area is 149 Å². The van der Waals surface area contributed by atoms with Gasteiger partial charge in [-0.15, -0.1) is 0 Å². The zero-order valence-corrected chi connectivity index (χ0v) is 13.6. The van der Waals surface area contributed by atoms with Gasteiger partial charge in [0.1, 0.15) is 0 Å². The van der Waals surface area contributed by atoms with Gasteiger partial charge in [-0.2, -0.15) is 0 Å². The number of benzene rings is 3. The monoisotopic (exact) mass is 343 g/mol. The summed E-state index contributed by atoms with van der Waals surface area (Å²) in [5.41, 5.74) is 2.22. The van der Waals surface area contributed by atoms with Gasteiger partial charge in [-0.25, -0.2) is 4.79 Å². The van der Waals surface area contributed by atoms with Crippen LogP contribution < -0.4 is 0 Å². The summed E-state index contributed by atoms with van der Waals surface area (Å²) in [6, 6.07) is 22.6. The highest BCUT2D eigenvalue weighted by Gasteiger charge is 2.39. The third kappa shape index (κ3) is 2.56. The lowest BCUT2D eigenvalue weighted by molar-refractivity contribution is -0.0584. The Kier molecular flexibility index (Phi) is 3.82. The quantitative estimate of drug-likeness (QED) is 0.680. The van der Waals surface area contributed by atoms with E-state index in [-0.39, 0.29) is 16.7 Å². The van der Waals surface area contributed by atoms with Crippen LogP contribution in [-0.4, -0.2) is 22.8 Å². The predicted molar refractivity (Wildman–Crippen MR) is 94.2 cm³/mol. The summed E-state index contributed by atoms with van der Waals surface area (Å²) in [6.07, 6.45) is 0. The predicted octanol–water partition coefficient (Wildman–Crippen LogP) is 3.72. The molecule has 0 radical (unpaired) electrons. The van der Waals surface area contributed by atoms with Gasteiger partial charge in [-0.1, -0.05) is 65.7 Å². The van der Waals surface area contributed by atoms with Crippen molar-refractivity contribution in [2.45, 2.75) is 0 Å². The summed E-state index contributed by atoms with van der Waals surface area (Å²) in [4.78, 5) is 42.5. The van der Waals surface area contributed by atoms with E-state index >= 15 is 0 Å². The molecule has 0 aromatic heterocycles. The molecule has 26 heavy (non-hydrogen) atoms. The van der Waals surface area contributed by atoms with Crippen molar-refractivity contribution in [1.82, 2.24) is 5.06 Å². The Morgan fingerprint density at radius 3 is 1.77 bits per heavy atom. The second-order valence-electron chi connectivity index (χ2n) is 5.74. The van der Waals surface area contributed by atoms with Crippen molar-refractivity contribution in [3.05, 3.63) is 95.6 Å². The standard InChI is InChI=1S/C21H13NO4/c23-19-16-11-5-6-12-17(16)20(24)22(19)26-21(25)18-13-7-4-10-15(18)14-8-2-1-3-9-14/h1-13H. The largest absolute Gasteiger partial charge is 0.364 e. The van der Waals surface area contributed by atoms with E-state index in [0.717, 1.165) is 5.56 Å². The fraction of sp³-hybridized carbons (Fsp3) is 0. The number of amides is 2. The zero-order chi connectivity index (χ0) is 18.1. The molecular formula is C21H13NO4. The van der Waals surface area contributed by atoms with Gasteiger partial charge < -0.3 is 4.84 Å². The van der Waals surface area contributed by atoms with E-state index in [1.807, 2.05) is 30.3 Å². The summed E-state index contributed by atoms with van der Waals surface area (Å²) in [5.74, 6) is -2.05. The van der Waals surface area contributed by atoms with Crippen molar-refractivity contribution in [2.75, 3.05) is 0 Å². The van der Waals surface area contributed by atoms with Crippen LogP contribution in [0, 0.1) is 0 Å². The van der Waals surface area contributed by atoms with Crippen LogP contribution in [0.5, 0.6) is 0 Å². The van der Waals surface area contributed by atoms with Gasteiger partial charge in [0.05, 0.1) is 16.7 Å². The summed E-state index contributed by atoms with van der Waals surface area (Å²) >= 11 is 0. The second kappa shape index (κ2) is 6.29. The van der Waals surface area contributed by atoms with Gasteiger partial charge in [0, 0.05) is 0 Å². The van der Waals surface area contributed by atoms with Crippen LogP contribution in [0.3, 0.4) is 0 Å². The third-order valence-corrected chi connectivity index (χ3v) is 4.16. The van der Waals surface area contributed by atoms with Gasteiger partial charge >= 0.3 is 5.97 Å². The molecule has 0 saturated carbocycles. The van der Waals surface area contributed by atoms with Crippen LogP contribution >= 0.6 is 0 Å². The van der Waals surface area contributed by atoms with Crippen molar-refractivity contribution in [1.29, 1.82) is 0 Å². The molecule has 2 amide bonds. The number of hydrogen-bond acceptors (Lipinski definition) is 4. The lowest BCUT2D eigenvalue weighted by atomic mass is 10.00. The van der Waals surface area contributed by atoms with Crippen LogP contribution in [0.25, 0.3) is 11.1 Å². The van der Waals surface area contributed by atoms with Crippen molar-refractivity contribution in [3.8, 4) is 11.1 Å². The van der Waals surface area contributed by atoms with E-state index in [1.54, 1.807) is 36.4 Å². The Bertz CT molecular complexity index is 992. The van der Waals surface area contributed by atoms with Gasteiger partial charge in [0.25, 0.3) is 11.8 Å². The first-order valence-corrected chi connectivity index (χ1v) is 8.01. The normalized spacial score (nSPS) is 12.8. The van der Waals surface area contributed by atoms with Crippen molar-refractivity contribution < 1.29 is 19.2 Å². The average Bonchev–Trinajstić information content (AvgIpc) is 2.94. The summed E-state index contributed by atoms with van der Waals surface area (Å²) in [6.45, 7) is 0. The number of rotatable bonds is 3. The highest BCUT2D eigenvalue weighted by Crippen LogP contribution is 2.27. The highest BCUT2D eigenvalue weighted by molar-refractivity contribution is 6.21. The number of carbonyl (C=O) groups excluding carboxylic acids is 3. The SMILES string of the molecule is O=C(ON1C(=O)c2ccccc2C1=O)c1ccccc1-c1ccccc1. The minimum atomic E-state index is -0.765. The molecule has 0 fully saturated rings. The fourth-order valence-corrected chi connectivity index (χ4v) is 2.91. The molecular weight excluding hydrogens is 330 g/mol. The Balaban J connectivity index is 1.65. The van der Waals surface area contributed by atoms with E-state index < -0.39 is 17.8 Å². The molecule has 0 N–H and O–H groups in total. The number of nitrogens with zero attached hydrogens (tertiary/aromatic N) is 1. The molecule has 1 heterocycles. The van der Waals surface area contributed by atoms with E-state index in [0.29, 0.717) is 10.6 Å². The minimum absolute atomic E-state index is 0.224. The molecule has 0 spiro atoms. The Morgan fingerprint density at radius 2 is 1.15 bits per heavy atom. The molecule has 5 nitrogen and oxygen atoms in total. The molecule has 3 aromatic rings. The van der Waals surface area contributed by atoms with Gasteiger partial charge in [0.15, 0.2) is 0 Å². The van der Waals surface area contributed by atoms with Crippen LogP contribution in [0.4, 0.5) is 0 Å². The molecule has 0 unspecified atom stereocenters. The molecule has 1 aliphatic rings. The first-order chi connectivity index (χ1) is 12.7. The van der Waals surface area contributed by atoms with Gasteiger partial charge in [0.2, 0.25) is 0 Å². The molecule has 126 valence electrons. The summed E-state index contributed by atoms with van der Waals surface area (Å²) in [7, 11) is 0. The van der Waals surface area contributed by atoms with Gasteiger partial charge in [-0.05, 0) is 29.3 Å². The maximum Gasteiger partial charge on any atom is 0.364 e. The van der Waals surface area contributed by atoms with Crippen LogP contribution in [0.1, 0.15) is 31.1 Å². The third-order valence-electron chi connectivity index (χ3n) is 4.16. The maximum absolute atomic E-state index is 12.7. The molecule has 0 saturated heterocycles. The number of hydroxylamine groups is 2. The number of hydrogen-bond donors (Lipinski definition) is 0. The number of imide groups is 1. The van der Waals surface area contributed by atoms with Crippen molar-refractivity contribution in [3.63, 3.8) is 0 Å². The van der Waals surface area contributed by atoms with Gasteiger partial charge in [-0.3, -0.25) is 9.59 Å². The first kappa shape index (κ1) is 15.8. The molecule has 4 rings (SSSR count). The van der Waals surface area contributed by atoms with E-state index in [4.69, 9.17) is 4.84 Å². The number of fused-ring (bicyclic) bond motifs is 1. The first-order valence-electron chi connectivity index (χ1n) is 8.01. The molecule has 1 aliphatic heterocycles. The second-order valence-corrected chi connectivity index (χ2v) is 5.74. The lowest BCUT2D eigenvalue weighted by Gasteiger charge is -2.14. The molecule has 0 aliphatic carbocycles. The van der Waals surface area contributed by atoms with Crippen LogP contribution in [0.2, 0.25) is 0 Å². The minimum Gasteiger partial charge on any atom is -0.324 e. The molecule has 5 heteroatoms. The highest BCUT2D eigenvalue weighted by atomic mass is 16.7. The van der Waals surface area contributed by atoms with Crippen molar-refractivity contribution in [2.24, 2.45) is 0 Å². The van der Waals surface area contributed by atoms with Crippen LogP contribution in [-0.2, 0) is 4.84 Å². The van der Waals surface area contributed by atoms with E-state index in [9.17, 15) is 14.4 Å². The van der Waals surface area contributed by atoms with Crippen molar-refractivity contribution >= 4 is 17.8 Å². The zero-order valence-electron chi connectivity index (χ0n) is 13.6. The topological polar surface area (TPSA) is 63.7 Å². The summed E-state index contributed by atoms with van der Waals surface area (Å²) in [5, 5.41) is 0.523. The Morgan fingerprint density at radius 1 is 0.654 bits per heavy atom. The maximum atomic E-state index is 12.7. The average molecular weight is 343 g/mol. The van der Waals surface area contributed by atoms with E-state index in [2.05, 4.69) is 0 Å². The molecule has 0 atom stereocenters. The van der Waals surface area contributed by atoms with Crippen LogP contribution in [0.15, 0.2) is 78.9 Å².